The van der Waals surface area contributed by atoms with Crippen molar-refractivity contribution in [1.82, 2.24) is 14.9 Å². The number of thioether (sulfide) groups is 1. The summed E-state index contributed by atoms with van der Waals surface area (Å²) in [6.07, 6.45) is 5.54. The van der Waals surface area contributed by atoms with Gasteiger partial charge in [-0.15, -0.1) is 0 Å². The van der Waals surface area contributed by atoms with Crippen LogP contribution in [0.1, 0.15) is 27.6 Å². The number of carbonyl (C=O) groups excluding carboxylic acids is 2. The van der Waals surface area contributed by atoms with Crippen molar-refractivity contribution in [2.24, 2.45) is 0 Å². The highest BCUT2D eigenvalue weighted by molar-refractivity contribution is 7.98. The van der Waals surface area contributed by atoms with Gasteiger partial charge in [-0.3, -0.25) is 14.2 Å². The largest absolute Gasteiger partial charge is 0.352 e. The van der Waals surface area contributed by atoms with Crippen molar-refractivity contribution in [3.05, 3.63) is 72.1 Å². The molecule has 0 fully saturated rings. The molecular formula is C20H20N4O2S. The Labute approximate surface area is 162 Å². The van der Waals surface area contributed by atoms with Gasteiger partial charge in [0.1, 0.15) is 0 Å². The van der Waals surface area contributed by atoms with Crippen LogP contribution in [0.15, 0.2) is 66.1 Å². The Hall–Kier alpha value is -3.06. The molecule has 0 atom stereocenters. The van der Waals surface area contributed by atoms with Crippen molar-refractivity contribution in [2.45, 2.75) is 12.1 Å². The highest BCUT2D eigenvalue weighted by Gasteiger charge is 2.11. The molecule has 0 aliphatic rings. The average Bonchev–Trinajstić information content (AvgIpc) is 3.17. The molecule has 1 heterocycles. The maximum atomic E-state index is 12.7. The number of amides is 2. The van der Waals surface area contributed by atoms with E-state index < -0.39 is 0 Å². The molecule has 3 aromatic rings. The summed E-state index contributed by atoms with van der Waals surface area (Å²) in [6, 6.07) is 14.2. The van der Waals surface area contributed by atoms with Gasteiger partial charge in [0.2, 0.25) is 0 Å². The van der Waals surface area contributed by atoms with Crippen LogP contribution in [0.5, 0.6) is 0 Å². The minimum atomic E-state index is -0.240. The predicted molar refractivity (Wildman–Crippen MR) is 108 cm³/mol. The standard InChI is InChI=1S/C20H20N4O2S/c1-3-21-18(25)14-6-4-8-16(12-14)23-19(26)15-7-5-9-17(13-15)24-11-10-22-20(24)27-2/h4-13H,3H2,1-2H3,(H,21,25)(H,23,26). The molecule has 0 saturated carbocycles. The number of nitrogens with one attached hydrogen (secondary N) is 2. The van der Waals surface area contributed by atoms with E-state index in [2.05, 4.69) is 15.6 Å². The molecule has 6 nitrogen and oxygen atoms in total. The first-order chi connectivity index (χ1) is 13.1. The van der Waals surface area contributed by atoms with Crippen molar-refractivity contribution < 1.29 is 9.59 Å². The van der Waals surface area contributed by atoms with Gasteiger partial charge in [0.05, 0.1) is 0 Å². The van der Waals surface area contributed by atoms with E-state index in [4.69, 9.17) is 0 Å². The normalized spacial score (nSPS) is 10.4. The minimum absolute atomic E-state index is 0.166. The second-order valence-electron chi connectivity index (χ2n) is 5.73. The lowest BCUT2D eigenvalue weighted by Crippen LogP contribution is -2.22. The summed E-state index contributed by atoms with van der Waals surface area (Å²) in [5, 5.41) is 6.44. The van der Waals surface area contributed by atoms with Crippen molar-refractivity contribution in [1.29, 1.82) is 0 Å². The van der Waals surface area contributed by atoms with E-state index in [1.807, 2.05) is 42.1 Å². The van der Waals surface area contributed by atoms with Gasteiger partial charge in [-0.25, -0.2) is 4.98 Å². The third kappa shape index (κ3) is 4.38. The first-order valence-electron chi connectivity index (χ1n) is 8.49. The van der Waals surface area contributed by atoms with Gasteiger partial charge in [0, 0.05) is 41.4 Å². The minimum Gasteiger partial charge on any atom is -0.352 e. The van der Waals surface area contributed by atoms with Crippen LogP contribution in [-0.2, 0) is 0 Å². The Morgan fingerprint density at radius 3 is 2.56 bits per heavy atom. The molecule has 0 bridgehead atoms. The molecule has 0 radical (unpaired) electrons. The summed E-state index contributed by atoms with van der Waals surface area (Å²) in [5.74, 6) is -0.406. The Morgan fingerprint density at radius 2 is 1.81 bits per heavy atom. The molecule has 27 heavy (non-hydrogen) atoms. The number of anilines is 1. The molecule has 0 spiro atoms. The van der Waals surface area contributed by atoms with E-state index in [0.717, 1.165) is 10.8 Å². The van der Waals surface area contributed by atoms with Gasteiger partial charge in [0.15, 0.2) is 5.16 Å². The lowest BCUT2D eigenvalue weighted by molar-refractivity contribution is 0.0954. The zero-order valence-electron chi connectivity index (χ0n) is 15.1. The fraction of sp³-hybridized carbons (Fsp3) is 0.150. The van der Waals surface area contributed by atoms with Crippen LogP contribution < -0.4 is 10.6 Å². The number of benzene rings is 2. The third-order valence-corrected chi connectivity index (χ3v) is 4.56. The smallest absolute Gasteiger partial charge is 0.255 e. The topological polar surface area (TPSA) is 76.0 Å². The molecule has 2 N–H and O–H groups in total. The van der Waals surface area contributed by atoms with Crippen LogP contribution in [-0.4, -0.2) is 34.2 Å². The summed E-state index contributed by atoms with van der Waals surface area (Å²) < 4.78 is 1.93. The van der Waals surface area contributed by atoms with Crippen LogP contribution in [0.25, 0.3) is 5.69 Å². The first kappa shape index (κ1) is 18.7. The van der Waals surface area contributed by atoms with Gasteiger partial charge < -0.3 is 10.6 Å². The van der Waals surface area contributed by atoms with Gasteiger partial charge in [-0.2, -0.15) is 0 Å². The maximum absolute atomic E-state index is 12.7. The number of carbonyl (C=O) groups is 2. The van der Waals surface area contributed by atoms with E-state index >= 15 is 0 Å². The predicted octanol–water partition coefficient (Wildman–Crippen LogP) is 3.60. The summed E-state index contributed by atoms with van der Waals surface area (Å²) >= 11 is 1.54. The summed E-state index contributed by atoms with van der Waals surface area (Å²) in [7, 11) is 0. The van der Waals surface area contributed by atoms with Gasteiger partial charge in [-0.1, -0.05) is 23.9 Å². The first-order valence-corrected chi connectivity index (χ1v) is 9.72. The number of rotatable bonds is 6. The zero-order chi connectivity index (χ0) is 19.2. The SMILES string of the molecule is CCNC(=O)c1cccc(NC(=O)c2cccc(-n3ccnc3SC)c2)c1. The number of imidazole rings is 1. The number of hydrogen-bond acceptors (Lipinski definition) is 4. The van der Waals surface area contributed by atoms with Crippen LogP contribution in [0.2, 0.25) is 0 Å². The molecule has 7 heteroatoms. The molecule has 2 aromatic carbocycles. The molecule has 0 aliphatic heterocycles. The van der Waals surface area contributed by atoms with Crippen LogP contribution in [0.4, 0.5) is 5.69 Å². The number of nitrogens with zero attached hydrogens (tertiary/aromatic N) is 2. The van der Waals surface area contributed by atoms with Gasteiger partial charge >= 0.3 is 0 Å². The number of aromatic nitrogens is 2. The van der Waals surface area contributed by atoms with Gasteiger partial charge in [-0.05, 0) is 49.6 Å². The second-order valence-corrected chi connectivity index (χ2v) is 6.50. The van der Waals surface area contributed by atoms with Crippen molar-refractivity contribution >= 4 is 29.3 Å². The summed E-state index contributed by atoms with van der Waals surface area (Å²) in [5.41, 5.74) is 2.46. The molecule has 3 rings (SSSR count). The molecule has 0 saturated heterocycles. The van der Waals surface area contributed by atoms with Crippen molar-refractivity contribution in [3.8, 4) is 5.69 Å². The quantitative estimate of drug-likeness (QED) is 0.641. The monoisotopic (exact) mass is 380 g/mol. The Balaban J connectivity index is 1.80. The maximum Gasteiger partial charge on any atom is 0.255 e. The van der Waals surface area contributed by atoms with E-state index in [1.165, 1.54) is 11.8 Å². The second kappa shape index (κ2) is 8.55. The molecule has 2 amide bonds. The lowest BCUT2D eigenvalue weighted by atomic mass is 10.1. The van der Waals surface area contributed by atoms with Crippen LogP contribution in [0, 0.1) is 0 Å². The highest BCUT2D eigenvalue weighted by atomic mass is 32.2. The van der Waals surface area contributed by atoms with Crippen LogP contribution >= 0.6 is 11.8 Å². The average molecular weight is 380 g/mol. The van der Waals surface area contributed by atoms with Crippen molar-refractivity contribution in [2.75, 3.05) is 18.1 Å². The third-order valence-electron chi connectivity index (χ3n) is 3.90. The van der Waals surface area contributed by atoms with E-state index in [9.17, 15) is 9.59 Å². The summed E-state index contributed by atoms with van der Waals surface area (Å²) in [4.78, 5) is 28.9. The zero-order valence-corrected chi connectivity index (χ0v) is 15.9. The van der Waals surface area contributed by atoms with E-state index in [1.54, 1.807) is 36.5 Å². The molecule has 0 unspecified atom stereocenters. The molecule has 0 aliphatic carbocycles. The van der Waals surface area contributed by atoms with E-state index in [0.29, 0.717) is 23.4 Å². The molecule has 138 valence electrons. The Bertz CT molecular complexity index is 968. The highest BCUT2D eigenvalue weighted by Crippen LogP contribution is 2.20. The number of hydrogen-bond donors (Lipinski definition) is 2. The van der Waals surface area contributed by atoms with Gasteiger partial charge in [0.25, 0.3) is 11.8 Å². The van der Waals surface area contributed by atoms with Crippen LogP contribution in [0.3, 0.4) is 0 Å². The lowest BCUT2D eigenvalue weighted by Gasteiger charge is -2.10. The van der Waals surface area contributed by atoms with Crippen molar-refractivity contribution in [3.63, 3.8) is 0 Å². The fourth-order valence-electron chi connectivity index (χ4n) is 2.64. The van der Waals surface area contributed by atoms with E-state index in [-0.39, 0.29) is 11.8 Å². The Morgan fingerprint density at radius 1 is 1.07 bits per heavy atom. The molecular weight excluding hydrogens is 360 g/mol. The molecule has 1 aromatic heterocycles. The summed E-state index contributed by atoms with van der Waals surface area (Å²) in [6.45, 7) is 2.41. The Kier molecular flexibility index (Phi) is 5.93. The fourth-order valence-corrected chi connectivity index (χ4v) is 3.17.